The Morgan fingerprint density at radius 1 is 1.37 bits per heavy atom. The number of aliphatic hydroxyl groups excluding tert-OH is 1. The highest BCUT2D eigenvalue weighted by atomic mass is 16.6. The molecule has 0 radical (unpaired) electrons. The average Bonchev–Trinajstić information content (AvgIpc) is 2.38. The van der Waals surface area contributed by atoms with Crippen molar-refractivity contribution in [2.45, 2.75) is 19.3 Å². The normalized spacial score (nSPS) is 10.2. The maximum absolute atomic E-state index is 11.0. The van der Waals surface area contributed by atoms with E-state index < -0.39 is 10.8 Å². The fourth-order valence-electron chi connectivity index (χ4n) is 1.63. The van der Waals surface area contributed by atoms with Crippen LogP contribution in [0.1, 0.15) is 29.6 Å². The third kappa shape index (κ3) is 4.55. The number of hydrogen-bond acceptors (Lipinski definition) is 5. The van der Waals surface area contributed by atoms with Crippen molar-refractivity contribution in [2.24, 2.45) is 5.73 Å². The number of nitro groups is 1. The van der Waals surface area contributed by atoms with Gasteiger partial charge in [-0.25, -0.2) is 0 Å². The van der Waals surface area contributed by atoms with Crippen LogP contribution in [0.4, 0.5) is 11.4 Å². The second-order valence-corrected chi connectivity index (χ2v) is 4.06. The number of nitrogens with one attached hydrogen (secondary N) is 1. The van der Waals surface area contributed by atoms with E-state index in [0.717, 1.165) is 12.8 Å². The molecule has 0 bridgehead atoms. The van der Waals surface area contributed by atoms with Gasteiger partial charge in [-0.05, 0) is 31.4 Å². The predicted molar refractivity (Wildman–Crippen MR) is 71.0 cm³/mol. The monoisotopic (exact) mass is 267 g/mol. The first-order valence-electron chi connectivity index (χ1n) is 5.99. The Bertz CT molecular complexity index is 462. The van der Waals surface area contributed by atoms with Crippen LogP contribution >= 0.6 is 0 Å². The first-order valence-corrected chi connectivity index (χ1v) is 5.99. The highest BCUT2D eigenvalue weighted by Gasteiger charge is 2.15. The molecule has 0 heterocycles. The molecule has 4 N–H and O–H groups in total. The summed E-state index contributed by atoms with van der Waals surface area (Å²) < 4.78 is 0. The quantitative estimate of drug-likeness (QED) is 0.372. The molecule has 0 spiro atoms. The minimum Gasteiger partial charge on any atom is -0.396 e. The van der Waals surface area contributed by atoms with Crippen molar-refractivity contribution in [2.75, 3.05) is 18.5 Å². The first-order chi connectivity index (χ1) is 9.06. The van der Waals surface area contributed by atoms with E-state index >= 15 is 0 Å². The summed E-state index contributed by atoms with van der Waals surface area (Å²) in [6, 6.07) is 3.97. The Kier molecular flexibility index (Phi) is 5.74. The van der Waals surface area contributed by atoms with Crippen molar-refractivity contribution in [1.82, 2.24) is 0 Å². The number of benzene rings is 1. The molecule has 0 saturated carbocycles. The number of primary amides is 1. The molecule has 0 aliphatic carbocycles. The second kappa shape index (κ2) is 7.32. The number of anilines is 1. The fourth-order valence-corrected chi connectivity index (χ4v) is 1.63. The summed E-state index contributed by atoms with van der Waals surface area (Å²) in [5.41, 5.74) is 5.56. The molecule has 0 saturated heterocycles. The maximum atomic E-state index is 11.0. The first kappa shape index (κ1) is 14.9. The summed E-state index contributed by atoms with van der Waals surface area (Å²) in [6.07, 6.45) is 2.30. The minimum atomic E-state index is -0.627. The number of hydrogen-bond donors (Lipinski definition) is 3. The van der Waals surface area contributed by atoms with E-state index in [4.69, 9.17) is 10.8 Å². The van der Waals surface area contributed by atoms with Crippen LogP contribution < -0.4 is 11.1 Å². The number of aliphatic hydroxyl groups is 1. The Hall–Kier alpha value is -2.15. The molecule has 0 aliphatic heterocycles. The Morgan fingerprint density at radius 2 is 2.11 bits per heavy atom. The second-order valence-electron chi connectivity index (χ2n) is 4.06. The van der Waals surface area contributed by atoms with Gasteiger partial charge < -0.3 is 16.2 Å². The standard InChI is InChI=1S/C12H17N3O4/c13-12(17)9-4-5-11(15(18)19)10(8-9)14-6-2-1-3-7-16/h4-5,8,14,16H,1-3,6-7H2,(H2,13,17). The lowest BCUT2D eigenvalue weighted by Crippen LogP contribution is -2.12. The lowest BCUT2D eigenvalue weighted by Gasteiger charge is -2.08. The molecular formula is C12H17N3O4. The molecule has 19 heavy (non-hydrogen) atoms. The Morgan fingerprint density at radius 3 is 2.68 bits per heavy atom. The Labute approximate surface area is 110 Å². The van der Waals surface area contributed by atoms with E-state index in [1.807, 2.05) is 0 Å². The van der Waals surface area contributed by atoms with Gasteiger partial charge in [0.15, 0.2) is 0 Å². The fraction of sp³-hybridized carbons (Fsp3) is 0.417. The number of amides is 1. The number of carbonyl (C=O) groups excluding carboxylic acids is 1. The molecule has 0 aromatic heterocycles. The van der Waals surface area contributed by atoms with Gasteiger partial charge in [-0.3, -0.25) is 14.9 Å². The minimum absolute atomic E-state index is 0.0906. The zero-order chi connectivity index (χ0) is 14.3. The summed E-state index contributed by atoms with van der Waals surface area (Å²) in [4.78, 5) is 21.4. The van der Waals surface area contributed by atoms with Crippen LogP contribution in [-0.4, -0.2) is 29.1 Å². The molecule has 0 atom stereocenters. The third-order valence-corrected chi connectivity index (χ3v) is 2.63. The molecule has 0 unspecified atom stereocenters. The van der Waals surface area contributed by atoms with E-state index in [9.17, 15) is 14.9 Å². The van der Waals surface area contributed by atoms with Crippen LogP contribution in [-0.2, 0) is 0 Å². The molecule has 7 heteroatoms. The molecular weight excluding hydrogens is 250 g/mol. The van der Waals surface area contributed by atoms with Crippen LogP contribution in [0.5, 0.6) is 0 Å². The predicted octanol–water partition coefficient (Wildman–Crippen LogP) is 1.27. The summed E-state index contributed by atoms with van der Waals surface area (Å²) in [5.74, 6) is -0.627. The summed E-state index contributed by atoms with van der Waals surface area (Å²) in [5, 5.41) is 22.4. The lowest BCUT2D eigenvalue weighted by atomic mass is 10.1. The highest BCUT2D eigenvalue weighted by Crippen LogP contribution is 2.25. The zero-order valence-corrected chi connectivity index (χ0v) is 10.5. The number of carbonyl (C=O) groups is 1. The summed E-state index contributed by atoms with van der Waals surface area (Å²) in [6.45, 7) is 0.667. The van der Waals surface area contributed by atoms with Gasteiger partial charge in [0.25, 0.3) is 5.69 Å². The van der Waals surface area contributed by atoms with Gasteiger partial charge in [-0.1, -0.05) is 0 Å². The maximum Gasteiger partial charge on any atom is 0.292 e. The van der Waals surface area contributed by atoms with Gasteiger partial charge in [0.05, 0.1) is 4.92 Å². The van der Waals surface area contributed by atoms with Crippen molar-refractivity contribution >= 4 is 17.3 Å². The zero-order valence-electron chi connectivity index (χ0n) is 10.5. The molecule has 7 nitrogen and oxygen atoms in total. The van der Waals surface area contributed by atoms with Crippen molar-refractivity contribution in [3.8, 4) is 0 Å². The molecule has 0 fully saturated rings. The van der Waals surface area contributed by atoms with E-state index in [1.165, 1.54) is 18.2 Å². The van der Waals surface area contributed by atoms with E-state index in [-0.39, 0.29) is 23.5 Å². The molecule has 1 rings (SSSR count). The topological polar surface area (TPSA) is 118 Å². The number of rotatable bonds is 8. The average molecular weight is 267 g/mol. The van der Waals surface area contributed by atoms with E-state index in [0.29, 0.717) is 13.0 Å². The molecule has 0 aliphatic rings. The van der Waals surface area contributed by atoms with Crippen molar-refractivity contribution in [1.29, 1.82) is 0 Å². The van der Waals surface area contributed by atoms with Crippen molar-refractivity contribution in [3.63, 3.8) is 0 Å². The molecule has 104 valence electrons. The van der Waals surface area contributed by atoms with Crippen LogP contribution in [0, 0.1) is 10.1 Å². The summed E-state index contributed by atoms with van der Waals surface area (Å²) >= 11 is 0. The number of unbranched alkanes of at least 4 members (excludes halogenated alkanes) is 2. The smallest absolute Gasteiger partial charge is 0.292 e. The third-order valence-electron chi connectivity index (χ3n) is 2.63. The van der Waals surface area contributed by atoms with Gasteiger partial charge in [0.2, 0.25) is 5.91 Å². The van der Waals surface area contributed by atoms with E-state index in [2.05, 4.69) is 5.32 Å². The van der Waals surface area contributed by atoms with Crippen LogP contribution in [0.25, 0.3) is 0 Å². The number of nitrogens with zero attached hydrogens (tertiary/aromatic N) is 1. The van der Waals surface area contributed by atoms with Gasteiger partial charge in [-0.15, -0.1) is 0 Å². The van der Waals surface area contributed by atoms with Crippen LogP contribution in [0.2, 0.25) is 0 Å². The Balaban J connectivity index is 2.74. The molecule has 1 aromatic rings. The lowest BCUT2D eigenvalue weighted by molar-refractivity contribution is -0.384. The van der Waals surface area contributed by atoms with Crippen LogP contribution in [0.3, 0.4) is 0 Å². The van der Waals surface area contributed by atoms with Gasteiger partial charge in [0.1, 0.15) is 5.69 Å². The molecule has 1 amide bonds. The van der Waals surface area contributed by atoms with Crippen LogP contribution in [0.15, 0.2) is 18.2 Å². The molecule has 1 aromatic carbocycles. The highest BCUT2D eigenvalue weighted by molar-refractivity contribution is 5.94. The largest absolute Gasteiger partial charge is 0.396 e. The van der Waals surface area contributed by atoms with Gasteiger partial charge in [-0.2, -0.15) is 0 Å². The van der Waals surface area contributed by atoms with Gasteiger partial charge >= 0.3 is 0 Å². The summed E-state index contributed by atoms with van der Waals surface area (Å²) in [7, 11) is 0. The SMILES string of the molecule is NC(=O)c1ccc([N+](=O)[O-])c(NCCCCCO)c1. The number of nitro benzene ring substituents is 1. The van der Waals surface area contributed by atoms with E-state index in [1.54, 1.807) is 0 Å². The van der Waals surface area contributed by atoms with Gasteiger partial charge in [0, 0.05) is 24.8 Å². The van der Waals surface area contributed by atoms with Crippen molar-refractivity contribution in [3.05, 3.63) is 33.9 Å². The van der Waals surface area contributed by atoms with Crippen molar-refractivity contribution < 1.29 is 14.8 Å². The number of nitrogens with two attached hydrogens (primary N) is 1.